The van der Waals surface area contributed by atoms with Crippen LogP contribution in [0.3, 0.4) is 0 Å². The molecule has 2 unspecified atom stereocenters. The average Bonchev–Trinajstić information content (AvgIpc) is 3.37. The van der Waals surface area contributed by atoms with E-state index in [-0.39, 0.29) is 18.5 Å². The van der Waals surface area contributed by atoms with Gasteiger partial charge in [0.05, 0.1) is 25.4 Å². The number of rotatable bonds is 59. The van der Waals surface area contributed by atoms with Crippen LogP contribution in [0.2, 0.25) is 0 Å². The minimum Gasteiger partial charge on any atom is -0.466 e. The Morgan fingerprint density at radius 2 is 0.704 bits per heavy atom. The summed E-state index contributed by atoms with van der Waals surface area (Å²) in [5.41, 5.74) is 0. The van der Waals surface area contributed by atoms with Crippen LogP contribution in [0.5, 0.6) is 0 Å². The number of nitrogens with one attached hydrogen (secondary N) is 1. The third kappa shape index (κ3) is 57.2. The van der Waals surface area contributed by atoms with E-state index in [0.29, 0.717) is 25.9 Å². The van der Waals surface area contributed by atoms with Crippen molar-refractivity contribution in [2.45, 2.75) is 353 Å². The fraction of sp³-hybridized carbons (Fsp3) is 0.877. The van der Waals surface area contributed by atoms with Crippen molar-refractivity contribution >= 4 is 11.9 Å². The molecule has 71 heavy (non-hydrogen) atoms. The molecule has 1 amide bonds. The van der Waals surface area contributed by atoms with E-state index in [4.69, 9.17) is 4.74 Å². The van der Waals surface area contributed by atoms with Gasteiger partial charge in [0, 0.05) is 12.8 Å². The van der Waals surface area contributed by atoms with Gasteiger partial charge in [-0.25, -0.2) is 0 Å². The number of carbonyl (C=O) groups excluding carboxylic acids is 2. The van der Waals surface area contributed by atoms with Crippen LogP contribution < -0.4 is 5.32 Å². The Morgan fingerprint density at radius 3 is 1.10 bits per heavy atom. The molecule has 0 saturated carbocycles. The highest BCUT2D eigenvalue weighted by atomic mass is 16.5. The largest absolute Gasteiger partial charge is 0.466 e. The fourth-order valence-electron chi connectivity index (χ4n) is 9.78. The molecular weight excluding hydrogens is 875 g/mol. The average molecular weight is 999 g/mol. The first-order valence-electron chi connectivity index (χ1n) is 31.7. The molecule has 0 aromatic rings. The lowest BCUT2D eigenvalue weighted by atomic mass is 10.0. The van der Waals surface area contributed by atoms with E-state index < -0.39 is 12.1 Å². The zero-order chi connectivity index (χ0) is 51.4. The van der Waals surface area contributed by atoms with Crippen molar-refractivity contribution in [3.8, 4) is 0 Å². The lowest BCUT2D eigenvalue weighted by Crippen LogP contribution is -2.45. The number of carbonyl (C=O) groups is 2. The Labute approximate surface area is 443 Å². The van der Waals surface area contributed by atoms with Crippen LogP contribution >= 0.6 is 0 Å². The van der Waals surface area contributed by atoms with Crippen LogP contribution in [-0.2, 0) is 14.3 Å². The summed E-state index contributed by atoms with van der Waals surface area (Å²) in [5, 5.41) is 23.4. The Kier molecular flexibility index (Phi) is 59.0. The van der Waals surface area contributed by atoms with E-state index in [1.807, 2.05) is 0 Å². The van der Waals surface area contributed by atoms with Gasteiger partial charge in [-0.2, -0.15) is 0 Å². The summed E-state index contributed by atoms with van der Waals surface area (Å²) in [4.78, 5) is 24.6. The first-order chi connectivity index (χ1) is 35.0. The summed E-state index contributed by atoms with van der Waals surface area (Å²) in [5.74, 6) is -0.0654. The van der Waals surface area contributed by atoms with Gasteiger partial charge in [0.15, 0.2) is 0 Å². The van der Waals surface area contributed by atoms with Gasteiger partial charge in [-0.15, -0.1) is 0 Å². The summed E-state index contributed by atoms with van der Waals surface area (Å²) in [6.07, 6.45) is 75.8. The number of unbranched alkanes of at least 4 members (excludes halogenated alkanes) is 42. The van der Waals surface area contributed by atoms with E-state index in [9.17, 15) is 19.8 Å². The maximum atomic E-state index is 12.5. The summed E-state index contributed by atoms with van der Waals surface area (Å²) in [7, 11) is 0. The first kappa shape index (κ1) is 69.1. The number of aliphatic hydroxyl groups is 2. The quantitative estimate of drug-likeness (QED) is 0.0321. The van der Waals surface area contributed by atoms with Crippen molar-refractivity contribution in [2.24, 2.45) is 0 Å². The van der Waals surface area contributed by atoms with Gasteiger partial charge < -0.3 is 20.3 Å². The molecule has 0 aromatic heterocycles. The van der Waals surface area contributed by atoms with Gasteiger partial charge in [-0.05, 0) is 83.5 Å². The standard InChI is InChI=1S/C65H123NO5/c1-3-5-7-9-11-13-15-17-19-21-22-23-24-25-26-29-33-37-41-45-49-53-57-63(68)62(61-67)66-64(69)58-54-50-46-42-38-34-30-27-28-32-36-40-44-48-52-56-60-71-65(70)59-55-51-47-43-39-35-31-20-18-16-14-12-10-8-6-4-2/h14,16,20,27,30-31,62-63,67-68H,3-13,15,17-19,21-26,28-29,32-61H2,1-2H3,(H,66,69)/b16-14-,30-27-,31-20-. The van der Waals surface area contributed by atoms with Crippen LogP contribution in [0.15, 0.2) is 36.5 Å². The van der Waals surface area contributed by atoms with Crippen LogP contribution in [0.1, 0.15) is 341 Å². The lowest BCUT2D eigenvalue weighted by Gasteiger charge is -2.22. The number of esters is 1. The van der Waals surface area contributed by atoms with Gasteiger partial charge in [0.25, 0.3) is 0 Å². The second-order valence-electron chi connectivity index (χ2n) is 21.7. The summed E-state index contributed by atoms with van der Waals surface area (Å²) in [6.45, 7) is 4.93. The zero-order valence-corrected chi connectivity index (χ0v) is 47.7. The Hall–Kier alpha value is -1.92. The molecule has 0 aromatic carbocycles. The zero-order valence-electron chi connectivity index (χ0n) is 47.7. The normalized spacial score (nSPS) is 12.8. The molecule has 0 aliphatic rings. The minimum atomic E-state index is -0.677. The molecule has 0 aliphatic carbocycles. The van der Waals surface area contributed by atoms with Gasteiger partial charge in [0.1, 0.15) is 0 Å². The second kappa shape index (κ2) is 60.6. The highest BCUT2D eigenvalue weighted by Gasteiger charge is 2.20. The van der Waals surface area contributed by atoms with Crippen LogP contribution in [0, 0.1) is 0 Å². The number of aliphatic hydroxyl groups excluding tert-OH is 2. The van der Waals surface area contributed by atoms with E-state index >= 15 is 0 Å². The maximum absolute atomic E-state index is 12.5. The topological polar surface area (TPSA) is 95.9 Å². The Balaban J connectivity index is 3.47. The van der Waals surface area contributed by atoms with E-state index in [1.165, 1.54) is 238 Å². The van der Waals surface area contributed by atoms with Crippen molar-refractivity contribution < 1.29 is 24.5 Å². The van der Waals surface area contributed by atoms with Crippen molar-refractivity contribution in [2.75, 3.05) is 13.2 Å². The number of amides is 1. The lowest BCUT2D eigenvalue weighted by molar-refractivity contribution is -0.143. The van der Waals surface area contributed by atoms with Crippen LogP contribution in [0.4, 0.5) is 0 Å². The predicted molar refractivity (Wildman–Crippen MR) is 310 cm³/mol. The van der Waals surface area contributed by atoms with Crippen molar-refractivity contribution in [1.82, 2.24) is 5.32 Å². The van der Waals surface area contributed by atoms with Crippen LogP contribution in [-0.4, -0.2) is 47.4 Å². The highest BCUT2D eigenvalue weighted by molar-refractivity contribution is 5.76. The fourth-order valence-corrected chi connectivity index (χ4v) is 9.78. The summed E-state index contributed by atoms with van der Waals surface area (Å²) < 4.78 is 5.47. The SMILES string of the molecule is CCCCCC/C=C\C/C=C\CCCCCCCC(=O)OCCCCCCCCC/C=C\CCCCCCCC(=O)NC(CO)C(O)CCCCCCCCCCCCCCCCCCCCCCCC. The van der Waals surface area contributed by atoms with E-state index in [0.717, 1.165) is 70.6 Å². The third-order valence-electron chi connectivity index (χ3n) is 14.7. The maximum Gasteiger partial charge on any atom is 0.305 e. The van der Waals surface area contributed by atoms with Crippen molar-refractivity contribution in [1.29, 1.82) is 0 Å². The molecule has 0 heterocycles. The van der Waals surface area contributed by atoms with Crippen molar-refractivity contribution in [3.63, 3.8) is 0 Å². The van der Waals surface area contributed by atoms with Gasteiger partial charge in [0.2, 0.25) is 5.91 Å². The first-order valence-corrected chi connectivity index (χ1v) is 31.7. The van der Waals surface area contributed by atoms with E-state index in [1.54, 1.807) is 0 Å². The van der Waals surface area contributed by atoms with E-state index in [2.05, 4.69) is 55.6 Å². The smallest absolute Gasteiger partial charge is 0.305 e. The molecule has 3 N–H and O–H groups in total. The Bertz CT molecular complexity index is 1150. The number of allylic oxidation sites excluding steroid dienone is 6. The molecule has 0 rings (SSSR count). The molecule has 0 saturated heterocycles. The number of ether oxygens (including phenoxy) is 1. The summed E-state index contributed by atoms with van der Waals surface area (Å²) >= 11 is 0. The van der Waals surface area contributed by atoms with Crippen molar-refractivity contribution in [3.05, 3.63) is 36.5 Å². The molecule has 6 heteroatoms. The highest BCUT2D eigenvalue weighted by Crippen LogP contribution is 2.18. The Morgan fingerprint density at radius 1 is 0.394 bits per heavy atom. The molecule has 2 atom stereocenters. The summed E-state index contributed by atoms with van der Waals surface area (Å²) in [6, 6.07) is -0.556. The molecule has 6 nitrogen and oxygen atoms in total. The molecule has 0 fully saturated rings. The van der Waals surface area contributed by atoms with Gasteiger partial charge >= 0.3 is 5.97 Å². The molecule has 0 bridgehead atoms. The number of hydrogen-bond acceptors (Lipinski definition) is 5. The van der Waals surface area contributed by atoms with Gasteiger partial charge in [-0.1, -0.05) is 281 Å². The minimum absolute atomic E-state index is 0.0157. The monoisotopic (exact) mass is 998 g/mol. The molecule has 0 radical (unpaired) electrons. The molecule has 0 aliphatic heterocycles. The third-order valence-corrected chi connectivity index (χ3v) is 14.7. The van der Waals surface area contributed by atoms with Gasteiger partial charge in [-0.3, -0.25) is 9.59 Å². The molecule has 0 spiro atoms. The van der Waals surface area contributed by atoms with Crippen LogP contribution in [0.25, 0.3) is 0 Å². The molecule has 418 valence electrons. The molecular formula is C65H123NO5. The second-order valence-corrected chi connectivity index (χ2v) is 21.7. The number of hydrogen-bond donors (Lipinski definition) is 3. The predicted octanol–water partition coefficient (Wildman–Crippen LogP) is 20.0.